The van der Waals surface area contributed by atoms with Gasteiger partial charge in [0, 0.05) is 12.1 Å². The number of aliphatic imine (C=N–C) groups is 1. The molecule has 0 aromatic heterocycles. The number of esters is 1. The molecule has 2 rings (SSSR count). The number of nitrogens with one attached hydrogen (secondary N) is 1. The van der Waals surface area contributed by atoms with Crippen LogP contribution in [0, 0.1) is 0 Å². The third-order valence-electron chi connectivity index (χ3n) is 2.84. The van der Waals surface area contributed by atoms with Crippen LogP contribution in [-0.4, -0.2) is 30.7 Å². The summed E-state index contributed by atoms with van der Waals surface area (Å²) in [6, 6.07) is 5.19. The lowest BCUT2D eigenvalue weighted by molar-refractivity contribution is -0.114. The number of hydrogen-bond acceptors (Lipinski definition) is 4. The number of likely N-dealkylation sites (N-methyl/N-ethyl adjacent to an activating group) is 1. The van der Waals surface area contributed by atoms with Gasteiger partial charge in [-0.3, -0.25) is 9.79 Å². The Balaban J connectivity index is 2.29. The molecule has 0 atom stereocenters. The van der Waals surface area contributed by atoms with Crippen LogP contribution in [0.1, 0.15) is 35.3 Å². The molecule has 1 aromatic rings. The van der Waals surface area contributed by atoms with Crippen LogP contribution in [0.2, 0.25) is 0 Å². The first-order chi connectivity index (χ1) is 9.17. The van der Waals surface area contributed by atoms with Gasteiger partial charge in [0.05, 0.1) is 18.7 Å². The van der Waals surface area contributed by atoms with Crippen molar-refractivity contribution in [1.29, 1.82) is 0 Å². The van der Waals surface area contributed by atoms with E-state index in [9.17, 15) is 9.59 Å². The van der Waals surface area contributed by atoms with E-state index in [1.807, 2.05) is 13.0 Å². The lowest BCUT2D eigenvalue weighted by atomic mass is 10.0. The van der Waals surface area contributed by atoms with Crippen LogP contribution in [-0.2, 0) is 16.1 Å². The Morgan fingerprint density at radius 3 is 2.84 bits per heavy atom. The van der Waals surface area contributed by atoms with Crippen molar-refractivity contribution in [2.24, 2.45) is 4.99 Å². The van der Waals surface area contributed by atoms with E-state index in [-0.39, 0.29) is 11.9 Å². The number of ether oxygens (including phenoxy) is 1. The summed E-state index contributed by atoms with van der Waals surface area (Å²) in [6.45, 7) is 4.96. The molecule has 5 heteroatoms. The van der Waals surface area contributed by atoms with Crippen LogP contribution >= 0.6 is 0 Å². The van der Waals surface area contributed by atoms with Gasteiger partial charge in [0.1, 0.15) is 5.71 Å². The minimum atomic E-state index is -0.382. The number of hydrogen-bond donors (Lipinski definition) is 1. The highest BCUT2D eigenvalue weighted by molar-refractivity contribution is 6.46. The Bertz CT molecular complexity index is 550. The molecule has 1 N–H and O–H groups in total. The zero-order valence-corrected chi connectivity index (χ0v) is 11.0. The van der Waals surface area contributed by atoms with Crippen LogP contribution in [0.4, 0.5) is 0 Å². The first kappa shape index (κ1) is 13.3. The van der Waals surface area contributed by atoms with Gasteiger partial charge in [-0.25, -0.2) is 4.79 Å². The number of rotatable bonds is 4. The van der Waals surface area contributed by atoms with E-state index < -0.39 is 0 Å². The average Bonchev–Trinajstić information content (AvgIpc) is 2.82. The van der Waals surface area contributed by atoms with Crippen LogP contribution in [0.5, 0.6) is 0 Å². The summed E-state index contributed by atoms with van der Waals surface area (Å²) < 4.78 is 4.95. The van der Waals surface area contributed by atoms with E-state index in [2.05, 4.69) is 10.3 Å². The van der Waals surface area contributed by atoms with Crippen molar-refractivity contribution < 1.29 is 14.3 Å². The minimum Gasteiger partial charge on any atom is -0.462 e. The molecule has 1 aliphatic heterocycles. The van der Waals surface area contributed by atoms with Crippen LogP contribution < -0.4 is 5.32 Å². The lowest BCUT2D eigenvalue weighted by Gasteiger charge is -2.06. The van der Waals surface area contributed by atoms with Crippen molar-refractivity contribution in [1.82, 2.24) is 5.32 Å². The second kappa shape index (κ2) is 5.65. The first-order valence-electron chi connectivity index (χ1n) is 6.30. The number of benzene rings is 1. The zero-order valence-electron chi connectivity index (χ0n) is 11.0. The topological polar surface area (TPSA) is 67.8 Å². The molecular formula is C14H16N2O3. The molecule has 0 saturated heterocycles. The van der Waals surface area contributed by atoms with Gasteiger partial charge in [0.15, 0.2) is 0 Å². The molecule has 1 aromatic carbocycles. The minimum absolute atomic E-state index is 0.206. The summed E-state index contributed by atoms with van der Waals surface area (Å²) in [5.74, 6) is -0.588. The maximum Gasteiger partial charge on any atom is 0.338 e. The van der Waals surface area contributed by atoms with E-state index in [4.69, 9.17) is 4.74 Å². The molecule has 0 radical (unpaired) electrons. The van der Waals surface area contributed by atoms with Gasteiger partial charge < -0.3 is 10.1 Å². The van der Waals surface area contributed by atoms with Crippen molar-refractivity contribution in [3.05, 3.63) is 34.9 Å². The number of carbonyl (C=O) groups excluding carboxylic acids is 2. The largest absolute Gasteiger partial charge is 0.462 e. The Labute approximate surface area is 111 Å². The van der Waals surface area contributed by atoms with Gasteiger partial charge in [-0.1, -0.05) is 6.07 Å². The van der Waals surface area contributed by atoms with Gasteiger partial charge >= 0.3 is 5.97 Å². The summed E-state index contributed by atoms with van der Waals surface area (Å²) in [5, 5.41) is 2.72. The number of nitrogens with zero attached hydrogens (tertiary/aromatic N) is 1. The third kappa shape index (κ3) is 2.65. The predicted octanol–water partition coefficient (Wildman–Crippen LogP) is 1.30. The second-order valence-corrected chi connectivity index (χ2v) is 4.12. The van der Waals surface area contributed by atoms with E-state index in [0.717, 1.165) is 11.1 Å². The Hall–Kier alpha value is -2.17. The van der Waals surface area contributed by atoms with Crippen molar-refractivity contribution >= 4 is 17.6 Å². The Morgan fingerprint density at radius 2 is 2.16 bits per heavy atom. The van der Waals surface area contributed by atoms with Gasteiger partial charge in [-0.15, -0.1) is 0 Å². The van der Waals surface area contributed by atoms with E-state index in [1.54, 1.807) is 19.1 Å². The monoisotopic (exact) mass is 260 g/mol. The van der Waals surface area contributed by atoms with E-state index in [1.165, 1.54) is 0 Å². The van der Waals surface area contributed by atoms with Crippen LogP contribution in [0.3, 0.4) is 0 Å². The fourth-order valence-corrected chi connectivity index (χ4v) is 1.96. The lowest BCUT2D eigenvalue weighted by Crippen LogP contribution is -2.30. The molecule has 0 unspecified atom stereocenters. The Morgan fingerprint density at radius 1 is 1.37 bits per heavy atom. The zero-order chi connectivity index (χ0) is 13.8. The third-order valence-corrected chi connectivity index (χ3v) is 2.84. The normalized spacial score (nSPS) is 12.6. The fourth-order valence-electron chi connectivity index (χ4n) is 1.96. The van der Waals surface area contributed by atoms with Crippen molar-refractivity contribution in [3.63, 3.8) is 0 Å². The molecule has 1 amide bonds. The van der Waals surface area contributed by atoms with Crippen LogP contribution in [0.15, 0.2) is 23.2 Å². The Kier molecular flexibility index (Phi) is 3.94. The molecule has 0 fully saturated rings. The smallest absolute Gasteiger partial charge is 0.338 e. The molecule has 1 heterocycles. The van der Waals surface area contributed by atoms with Crippen molar-refractivity contribution in [3.8, 4) is 0 Å². The number of amides is 1. The van der Waals surface area contributed by atoms with Crippen molar-refractivity contribution in [2.75, 3.05) is 13.2 Å². The summed E-state index contributed by atoms with van der Waals surface area (Å²) >= 11 is 0. The van der Waals surface area contributed by atoms with Gasteiger partial charge in [0.2, 0.25) is 0 Å². The van der Waals surface area contributed by atoms with Gasteiger partial charge in [0.25, 0.3) is 5.91 Å². The summed E-state index contributed by atoms with van der Waals surface area (Å²) in [7, 11) is 0. The highest BCUT2D eigenvalue weighted by Gasteiger charge is 2.23. The molecular weight excluding hydrogens is 244 g/mol. The highest BCUT2D eigenvalue weighted by Crippen LogP contribution is 2.21. The molecule has 0 aliphatic carbocycles. The molecule has 5 nitrogen and oxygen atoms in total. The van der Waals surface area contributed by atoms with Crippen molar-refractivity contribution in [2.45, 2.75) is 20.4 Å². The first-order valence-corrected chi connectivity index (χ1v) is 6.30. The van der Waals surface area contributed by atoms with Gasteiger partial charge in [-0.2, -0.15) is 0 Å². The quantitative estimate of drug-likeness (QED) is 0.830. The molecule has 100 valence electrons. The SMILES string of the molecule is CCNC(=O)C1=NCc2ccc(C(=O)OCC)cc21. The fraction of sp³-hybridized carbons (Fsp3) is 0.357. The van der Waals surface area contributed by atoms with Crippen LogP contribution in [0.25, 0.3) is 0 Å². The maximum absolute atomic E-state index is 11.9. The maximum atomic E-state index is 11.9. The molecule has 0 bridgehead atoms. The summed E-state index contributed by atoms with van der Waals surface area (Å²) in [6.07, 6.45) is 0. The van der Waals surface area contributed by atoms with E-state index >= 15 is 0 Å². The molecule has 0 spiro atoms. The highest BCUT2D eigenvalue weighted by atomic mass is 16.5. The molecule has 0 saturated carbocycles. The molecule has 1 aliphatic rings. The number of carbonyl (C=O) groups is 2. The average molecular weight is 260 g/mol. The van der Waals surface area contributed by atoms with Gasteiger partial charge in [-0.05, 0) is 31.5 Å². The summed E-state index contributed by atoms with van der Waals surface area (Å²) in [5.41, 5.74) is 2.51. The molecule has 19 heavy (non-hydrogen) atoms. The second-order valence-electron chi connectivity index (χ2n) is 4.12. The van der Waals surface area contributed by atoms with E-state index in [0.29, 0.717) is 31.0 Å². The summed E-state index contributed by atoms with van der Waals surface area (Å²) in [4.78, 5) is 27.8. The number of fused-ring (bicyclic) bond motifs is 1. The predicted molar refractivity (Wildman–Crippen MR) is 71.3 cm³/mol. The standard InChI is InChI=1S/C14H16N2O3/c1-3-15-13(17)12-11-7-9(14(18)19-4-2)5-6-10(11)8-16-12/h5-7H,3-4,8H2,1-2H3,(H,15,17).